The van der Waals surface area contributed by atoms with Crippen LogP contribution in [0, 0.1) is 17.5 Å². The molecule has 0 saturated heterocycles. The van der Waals surface area contributed by atoms with Gasteiger partial charge >= 0.3 is 6.09 Å². The lowest BCUT2D eigenvalue weighted by Crippen LogP contribution is -2.41. The van der Waals surface area contributed by atoms with E-state index in [0.29, 0.717) is 12.1 Å². The number of halogens is 3. The largest absolute Gasteiger partial charge is 0.486 e. The summed E-state index contributed by atoms with van der Waals surface area (Å²) in [4.78, 5) is 15.1. The highest BCUT2D eigenvalue weighted by atomic mass is 32.2. The molecule has 0 N–H and O–H groups in total. The van der Waals surface area contributed by atoms with E-state index < -0.39 is 50.2 Å². The van der Waals surface area contributed by atoms with Crippen molar-refractivity contribution in [1.29, 1.82) is 0 Å². The second-order valence-electron chi connectivity index (χ2n) is 8.09. The fourth-order valence-corrected chi connectivity index (χ4v) is 4.90. The topological polar surface area (TPSA) is 85.8 Å². The molecule has 1 amide bonds. The Hall–Kier alpha value is -3.12. The van der Waals surface area contributed by atoms with Gasteiger partial charge in [-0.1, -0.05) is 18.2 Å². The zero-order chi connectivity index (χ0) is 25.3. The number of ether oxygens (including phenoxy) is 2. The van der Waals surface area contributed by atoms with Crippen LogP contribution in [0.25, 0.3) is 0 Å². The first-order valence-corrected chi connectivity index (χ1v) is 12.3. The van der Waals surface area contributed by atoms with Gasteiger partial charge in [-0.05, 0) is 33.8 Å². The minimum Gasteiger partial charge on any atom is -0.486 e. The van der Waals surface area contributed by atoms with Crippen molar-refractivity contribution in [2.75, 3.05) is 4.31 Å². The number of carbonyl (C=O) groups is 1. The van der Waals surface area contributed by atoms with Gasteiger partial charge in [0.2, 0.25) is 0 Å². The minimum absolute atomic E-state index is 0.0960. The molecule has 0 aliphatic heterocycles. The summed E-state index contributed by atoms with van der Waals surface area (Å²) in [5.74, 6) is -4.36. The Morgan fingerprint density at radius 3 is 2.24 bits per heavy atom. The smallest absolute Gasteiger partial charge is 0.430 e. The van der Waals surface area contributed by atoms with Crippen molar-refractivity contribution in [3.63, 3.8) is 0 Å². The molecule has 1 atom stereocenters. The van der Waals surface area contributed by atoms with Crippen molar-refractivity contribution in [2.45, 2.75) is 44.3 Å². The lowest BCUT2D eigenvalue weighted by molar-refractivity contribution is 0.0608. The molecule has 7 nitrogen and oxygen atoms in total. The number of hydrogen-bond acceptors (Lipinski definition) is 7. The normalized spacial score (nSPS) is 12.8. The summed E-state index contributed by atoms with van der Waals surface area (Å²) in [5.41, 5.74) is 0.286. The van der Waals surface area contributed by atoms with Gasteiger partial charge in [0.15, 0.2) is 10.7 Å². The second kappa shape index (κ2) is 9.63. The molecule has 2 aromatic carbocycles. The first kappa shape index (κ1) is 25.5. The van der Waals surface area contributed by atoms with E-state index in [2.05, 4.69) is 4.98 Å². The molecular weight excluding hydrogens is 493 g/mol. The predicted molar refractivity (Wildman–Crippen MR) is 120 cm³/mol. The van der Waals surface area contributed by atoms with Crippen molar-refractivity contribution < 1.29 is 35.9 Å². The number of nitrogens with zero attached hydrogens (tertiary/aromatic N) is 2. The number of aromatic nitrogens is 1. The van der Waals surface area contributed by atoms with E-state index in [1.54, 1.807) is 6.07 Å². The van der Waals surface area contributed by atoms with Crippen molar-refractivity contribution in [3.05, 3.63) is 70.3 Å². The zero-order valence-electron chi connectivity index (χ0n) is 18.6. The van der Waals surface area contributed by atoms with Crippen LogP contribution in [0.15, 0.2) is 52.2 Å². The van der Waals surface area contributed by atoms with Gasteiger partial charge in [-0.2, -0.15) is 0 Å². The average Bonchev–Trinajstić information content (AvgIpc) is 3.19. The lowest BCUT2D eigenvalue weighted by Gasteiger charge is -2.26. The third-order valence-electron chi connectivity index (χ3n) is 4.31. The van der Waals surface area contributed by atoms with Gasteiger partial charge in [0.1, 0.15) is 34.9 Å². The van der Waals surface area contributed by atoms with E-state index >= 15 is 0 Å². The van der Waals surface area contributed by atoms with Gasteiger partial charge in [0, 0.05) is 23.1 Å². The molecule has 3 aromatic rings. The molecule has 0 aliphatic carbocycles. The van der Waals surface area contributed by atoms with Crippen molar-refractivity contribution in [1.82, 2.24) is 4.98 Å². The number of benzene rings is 2. The van der Waals surface area contributed by atoms with Crippen LogP contribution >= 0.6 is 11.3 Å². The summed E-state index contributed by atoms with van der Waals surface area (Å²) in [6.45, 7) is 5.97. The molecule has 0 saturated carbocycles. The first-order chi connectivity index (χ1) is 15.8. The molecule has 0 bridgehead atoms. The van der Waals surface area contributed by atoms with Crippen LogP contribution in [0.1, 0.15) is 39.4 Å². The van der Waals surface area contributed by atoms with Crippen LogP contribution in [0.2, 0.25) is 0 Å². The van der Waals surface area contributed by atoms with Crippen molar-refractivity contribution in [2.24, 2.45) is 0 Å². The van der Waals surface area contributed by atoms with E-state index in [4.69, 9.17) is 9.47 Å². The highest BCUT2D eigenvalue weighted by Crippen LogP contribution is 2.33. The molecule has 0 spiro atoms. The second-order valence-corrected chi connectivity index (χ2v) is 10.5. The minimum atomic E-state index is -5.12. The summed E-state index contributed by atoms with van der Waals surface area (Å²) in [5, 5.41) is 1.21. The fourth-order valence-electron chi connectivity index (χ4n) is 2.94. The van der Waals surface area contributed by atoms with E-state index in [1.165, 1.54) is 56.8 Å². The maximum absolute atomic E-state index is 15.0. The van der Waals surface area contributed by atoms with Gasteiger partial charge in [0.25, 0.3) is 10.0 Å². The summed E-state index contributed by atoms with van der Waals surface area (Å²) in [6, 6.07) is 6.97. The number of amides is 1. The van der Waals surface area contributed by atoms with Crippen LogP contribution in [-0.4, -0.2) is 25.1 Å². The zero-order valence-corrected chi connectivity index (χ0v) is 20.2. The molecule has 12 heteroatoms. The molecule has 1 aromatic heterocycles. The number of hydrogen-bond donors (Lipinski definition) is 0. The Morgan fingerprint density at radius 1 is 1.09 bits per heavy atom. The van der Waals surface area contributed by atoms with E-state index in [0.717, 1.165) is 11.3 Å². The molecule has 1 unspecified atom stereocenters. The maximum Gasteiger partial charge on any atom is 0.430 e. The summed E-state index contributed by atoms with van der Waals surface area (Å²) in [6.07, 6.45) is -2.32. The van der Waals surface area contributed by atoms with Crippen molar-refractivity contribution >= 4 is 33.3 Å². The average molecular weight is 515 g/mol. The SMILES string of the molecule is CC(Oc1cc(F)c(S(=O)(=O)N(C(=O)OC(C)(C)C)c2cscn2)c(F)c1)c1ccccc1F. The molecule has 34 heavy (non-hydrogen) atoms. The van der Waals surface area contributed by atoms with Gasteiger partial charge < -0.3 is 9.47 Å². The molecule has 1 heterocycles. The van der Waals surface area contributed by atoms with Crippen LogP contribution in [0.5, 0.6) is 5.75 Å². The first-order valence-electron chi connectivity index (χ1n) is 9.88. The van der Waals surface area contributed by atoms with E-state index in [9.17, 15) is 26.4 Å². The third kappa shape index (κ3) is 5.50. The van der Waals surface area contributed by atoms with Crippen LogP contribution in [0.4, 0.5) is 23.8 Å². The summed E-state index contributed by atoms with van der Waals surface area (Å²) >= 11 is 0.968. The van der Waals surface area contributed by atoms with Gasteiger partial charge in [0.05, 0.1) is 5.51 Å². The van der Waals surface area contributed by atoms with Crippen LogP contribution in [-0.2, 0) is 14.8 Å². The van der Waals surface area contributed by atoms with Crippen LogP contribution in [0.3, 0.4) is 0 Å². The monoisotopic (exact) mass is 514 g/mol. The van der Waals surface area contributed by atoms with Crippen LogP contribution < -0.4 is 9.04 Å². The highest BCUT2D eigenvalue weighted by molar-refractivity contribution is 7.93. The Balaban J connectivity index is 2.00. The maximum atomic E-state index is 15.0. The quantitative estimate of drug-likeness (QED) is 0.411. The van der Waals surface area contributed by atoms with E-state index in [1.807, 2.05) is 0 Å². The van der Waals surface area contributed by atoms with Crippen molar-refractivity contribution in [3.8, 4) is 5.75 Å². The number of rotatable bonds is 6. The van der Waals surface area contributed by atoms with Gasteiger partial charge in [-0.25, -0.2) is 31.4 Å². The summed E-state index contributed by atoms with van der Waals surface area (Å²) in [7, 11) is -5.12. The molecule has 0 aliphatic rings. The number of thiazole rings is 1. The lowest BCUT2D eigenvalue weighted by atomic mass is 10.1. The third-order valence-corrected chi connectivity index (χ3v) is 6.61. The Kier molecular flexibility index (Phi) is 7.22. The van der Waals surface area contributed by atoms with Gasteiger partial charge in [-0.15, -0.1) is 15.6 Å². The number of anilines is 1. The highest BCUT2D eigenvalue weighted by Gasteiger charge is 2.39. The molecule has 0 fully saturated rings. The molecular formula is C22H21F3N2O5S2. The fraction of sp³-hybridized carbons (Fsp3) is 0.273. The predicted octanol–water partition coefficient (Wildman–Crippen LogP) is 5.83. The number of sulfonamides is 1. The Morgan fingerprint density at radius 2 is 1.71 bits per heavy atom. The van der Waals surface area contributed by atoms with E-state index in [-0.39, 0.29) is 21.4 Å². The number of carbonyl (C=O) groups excluding carboxylic acids is 1. The standard InChI is InChI=1S/C22H21F3N2O5S2/c1-13(15-7-5-6-8-16(15)23)31-14-9-17(24)20(18(25)10-14)34(29,30)27(19-11-33-12-26-19)21(28)32-22(2,3)4/h5-13H,1-4H3. The Bertz CT molecular complexity index is 1270. The molecule has 182 valence electrons. The summed E-state index contributed by atoms with van der Waals surface area (Å²) < 4.78 is 81.0. The molecule has 3 rings (SSSR count). The Labute approximate surface area is 198 Å². The van der Waals surface area contributed by atoms with Gasteiger partial charge in [-0.3, -0.25) is 0 Å². The molecule has 0 radical (unpaired) electrons.